The van der Waals surface area contributed by atoms with Gasteiger partial charge in [0, 0.05) is 21.4 Å². The number of anilines is 1. The van der Waals surface area contributed by atoms with E-state index in [4.69, 9.17) is 11.0 Å². The summed E-state index contributed by atoms with van der Waals surface area (Å²) in [6.07, 6.45) is 0. The van der Waals surface area contributed by atoms with Crippen LogP contribution >= 0.6 is 12.0 Å². The number of hydrogen-bond donors (Lipinski definition) is 3. The second-order valence-electron chi connectivity index (χ2n) is 5.73. The van der Waals surface area contributed by atoms with Crippen LogP contribution in [0.2, 0.25) is 0 Å². The maximum absolute atomic E-state index is 11.7. The fourth-order valence-corrected chi connectivity index (χ4v) is 3.90. The lowest BCUT2D eigenvalue weighted by Crippen LogP contribution is -1.99. The molecule has 0 saturated heterocycles. The number of nitrogen functional groups attached to an aromatic ring is 1. The Kier molecular flexibility index (Phi) is 4.66. The highest BCUT2D eigenvalue weighted by Crippen LogP contribution is 2.35. The molecule has 0 amide bonds. The van der Waals surface area contributed by atoms with Crippen molar-refractivity contribution in [3.8, 4) is 5.69 Å². The normalized spacial score (nSPS) is 12.1. The Balaban J connectivity index is 1.98. The molecule has 0 radical (unpaired) electrons. The molecule has 144 valence electrons. The van der Waals surface area contributed by atoms with E-state index in [2.05, 4.69) is 19.6 Å². The van der Waals surface area contributed by atoms with Gasteiger partial charge in [0.15, 0.2) is 0 Å². The molecule has 1 aromatic heterocycles. The Hall–Kier alpha value is -2.74. The lowest BCUT2D eigenvalue weighted by Gasteiger charge is -2.07. The smallest absolute Gasteiger partial charge is 0.294 e. The number of nitrogens with zero attached hydrogens (tertiary/aromatic N) is 3. The fourth-order valence-electron chi connectivity index (χ4n) is 2.75. The van der Waals surface area contributed by atoms with Gasteiger partial charge in [-0.3, -0.25) is 4.55 Å². The lowest BCUT2D eigenvalue weighted by molar-refractivity contribution is -0.432. The molecular weight excluding hydrogens is 408 g/mol. The summed E-state index contributed by atoms with van der Waals surface area (Å²) < 4.78 is 37.2. The Labute approximate surface area is 162 Å². The van der Waals surface area contributed by atoms with Crippen molar-refractivity contribution >= 4 is 49.7 Å². The second-order valence-corrected chi connectivity index (χ2v) is 7.90. The van der Waals surface area contributed by atoms with Crippen molar-refractivity contribution in [2.24, 2.45) is 0 Å². The van der Waals surface area contributed by atoms with Gasteiger partial charge in [-0.2, -0.15) is 13.2 Å². The predicted octanol–water partition coefficient (Wildman–Crippen LogP) is 2.83. The Bertz CT molecular complexity index is 1290. The highest BCUT2D eigenvalue weighted by molar-refractivity contribution is 7.94. The number of rotatable bonds is 5. The minimum absolute atomic E-state index is 0.281. The zero-order valence-corrected chi connectivity index (χ0v) is 15.5. The molecule has 0 aliphatic heterocycles. The minimum atomic E-state index is -4.50. The van der Waals surface area contributed by atoms with Crippen molar-refractivity contribution in [3.05, 3.63) is 48.5 Å². The average Bonchev–Trinajstić information content (AvgIpc) is 3.10. The summed E-state index contributed by atoms with van der Waals surface area (Å²) in [6, 6.07) is 12.8. The van der Waals surface area contributed by atoms with Crippen LogP contribution in [0.3, 0.4) is 0 Å². The van der Waals surface area contributed by atoms with E-state index >= 15 is 0 Å². The zero-order valence-electron chi connectivity index (χ0n) is 13.9. The first-order chi connectivity index (χ1) is 13.4. The Morgan fingerprint density at radius 3 is 2.46 bits per heavy atom. The number of hydrogen-bond acceptors (Lipinski definition) is 9. The maximum atomic E-state index is 11.7. The van der Waals surface area contributed by atoms with Gasteiger partial charge in [-0.15, -0.1) is 14.5 Å². The van der Waals surface area contributed by atoms with Crippen molar-refractivity contribution in [1.82, 2.24) is 15.0 Å². The second kappa shape index (κ2) is 7.01. The van der Waals surface area contributed by atoms with E-state index in [1.54, 1.807) is 36.4 Å². The molecule has 12 heteroatoms. The van der Waals surface area contributed by atoms with Crippen molar-refractivity contribution in [1.29, 1.82) is 0 Å². The first-order valence-electron chi connectivity index (χ1n) is 7.69. The van der Waals surface area contributed by atoms with E-state index < -0.39 is 10.1 Å². The third kappa shape index (κ3) is 3.40. The summed E-state index contributed by atoms with van der Waals surface area (Å²) in [4.78, 5) is 1.31. The van der Waals surface area contributed by atoms with E-state index in [0.29, 0.717) is 45.2 Å². The number of aromatic nitrogens is 3. The third-order valence-electron chi connectivity index (χ3n) is 3.99. The molecule has 4 rings (SSSR count). The fraction of sp³-hybridized carbons (Fsp3) is 0. The maximum Gasteiger partial charge on any atom is 0.294 e. The van der Waals surface area contributed by atoms with Crippen LogP contribution in [-0.2, 0) is 19.5 Å². The molecule has 0 saturated carbocycles. The third-order valence-corrected chi connectivity index (χ3v) is 5.47. The van der Waals surface area contributed by atoms with E-state index in [-0.39, 0.29) is 9.79 Å². The first kappa shape index (κ1) is 18.6. The van der Waals surface area contributed by atoms with Gasteiger partial charge in [0.2, 0.25) is 0 Å². The molecule has 0 spiro atoms. The SMILES string of the molecule is Nc1ccc(-n2nc3ccc4c(SOOO)cc(S(=O)(=O)O)cc4c3n2)cc1. The topological polar surface area (TPSA) is 150 Å². The largest absolute Gasteiger partial charge is 0.399 e. The van der Waals surface area contributed by atoms with Crippen LogP contribution in [0.1, 0.15) is 0 Å². The summed E-state index contributed by atoms with van der Waals surface area (Å²) in [5.41, 5.74) is 7.87. The highest BCUT2D eigenvalue weighted by atomic mass is 32.2. The van der Waals surface area contributed by atoms with Crippen molar-refractivity contribution in [2.75, 3.05) is 5.73 Å². The predicted molar refractivity (Wildman–Crippen MR) is 101 cm³/mol. The van der Waals surface area contributed by atoms with Crippen LogP contribution in [0.4, 0.5) is 5.69 Å². The van der Waals surface area contributed by atoms with Crippen molar-refractivity contribution < 1.29 is 27.6 Å². The zero-order chi connectivity index (χ0) is 19.9. The molecule has 3 aromatic carbocycles. The summed E-state index contributed by atoms with van der Waals surface area (Å²) in [5, 5.41) is 21.8. The standard InChI is InChI=1S/C16H12N4O6S2/c17-9-1-3-10(4-2-9)20-18-14-6-5-12-13(16(14)19-20)7-11(28(22,23)24)8-15(12)27-26-25-21/h1-8,21H,17H2,(H,22,23,24). The van der Waals surface area contributed by atoms with Crippen molar-refractivity contribution in [2.45, 2.75) is 9.79 Å². The summed E-state index contributed by atoms with van der Waals surface area (Å²) >= 11 is 0.577. The molecule has 0 unspecified atom stereocenters. The van der Waals surface area contributed by atoms with Gasteiger partial charge in [0.25, 0.3) is 10.1 Å². The lowest BCUT2D eigenvalue weighted by atomic mass is 10.1. The Morgan fingerprint density at radius 1 is 1.04 bits per heavy atom. The van der Waals surface area contributed by atoms with Crippen LogP contribution in [0.15, 0.2) is 58.3 Å². The number of benzene rings is 3. The summed E-state index contributed by atoms with van der Waals surface area (Å²) in [6.45, 7) is 0. The number of nitrogens with two attached hydrogens (primary N) is 1. The molecule has 10 nitrogen and oxygen atoms in total. The van der Waals surface area contributed by atoms with E-state index in [1.165, 1.54) is 16.9 Å². The summed E-state index contributed by atoms with van der Waals surface area (Å²) in [5.74, 6) is 0. The van der Waals surface area contributed by atoms with E-state index in [9.17, 15) is 13.0 Å². The van der Waals surface area contributed by atoms with Gasteiger partial charge >= 0.3 is 0 Å². The average molecular weight is 420 g/mol. The van der Waals surface area contributed by atoms with Gasteiger partial charge in [-0.25, -0.2) is 5.26 Å². The quantitative estimate of drug-likeness (QED) is 0.145. The van der Waals surface area contributed by atoms with Crippen LogP contribution in [0, 0.1) is 0 Å². The van der Waals surface area contributed by atoms with Gasteiger partial charge in [-0.05, 0) is 42.5 Å². The molecule has 4 aromatic rings. The molecule has 0 fully saturated rings. The molecule has 0 aliphatic rings. The van der Waals surface area contributed by atoms with Crippen LogP contribution in [-0.4, -0.2) is 33.2 Å². The van der Waals surface area contributed by atoms with E-state index in [0.717, 1.165) is 0 Å². The van der Waals surface area contributed by atoms with Crippen LogP contribution in [0.25, 0.3) is 27.5 Å². The molecule has 28 heavy (non-hydrogen) atoms. The Morgan fingerprint density at radius 2 is 1.79 bits per heavy atom. The molecular formula is C16H12N4O6S2. The van der Waals surface area contributed by atoms with Crippen LogP contribution < -0.4 is 5.73 Å². The number of fused-ring (bicyclic) bond motifs is 3. The summed E-state index contributed by atoms with van der Waals surface area (Å²) in [7, 11) is -4.50. The highest BCUT2D eigenvalue weighted by Gasteiger charge is 2.18. The van der Waals surface area contributed by atoms with Crippen molar-refractivity contribution in [3.63, 3.8) is 0 Å². The van der Waals surface area contributed by atoms with Gasteiger partial charge in [0.05, 0.1) is 22.6 Å². The first-order valence-corrected chi connectivity index (χ1v) is 9.87. The molecule has 1 heterocycles. The monoisotopic (exact) mass is 420 g/mol. The molecule has 4 N–H and O–H groups in total. The van der Waals surface area contributed by atoms with Crippen LogP contribution in [0.5, 0.6) is 0 Å². The van der Waals surface area contributed by atoms with Gasteiger partial charge in [0.1, 0.15) is 11.0 Å². The minimum Gasteiger partial charge on any atom is -0.399 e. The van der Waals surface area contributed by atoms with Gasteiger partial charge < -0.3 is 5.73 Å². The molecule has 0 bridgehead atoms. The molecule has 0 atom stereocenters. The van der Waals surface area contributed by atoms with Gasteiger partial charge in [-0.1, -0.05) is 11.1 Å². The van der Waals surface area contributed by atoms with E-state index in [1.807, 2.05) is 0 Å². The molecule has 0 aliphatic carbocycles.